The maximum Gasteiger partial charge on any atom is 0.151 e. The number of nitrogens with one attached hydrogen (secondary N) is 2. The fourth-order valence-electron chi connectivity index (χ4n) is 2.22. The number of aromatic nitrogens is 2. The van der Waals surface area contributed by atoms with E-state index in [1.807, 2.05) is 0 Å². The number of hydrogen-bond donors (Lipinski definition) is 2. The Bertz CT molecular complexity index is 527. The lowest BCUT2D eigenvalue weighted by atomic mass is 10.2. The number of halogens is 1. The molecule has 1 fully saturated rings. The third kappa shape index (κ3) is 4.19. The van der Waals surface area contributed by atoms with Crippen molar-refractivity contribution in [3.05, 3.63) is 16.7 Å². The number of aromatic amines is 1. The molecule has 0 saturated carbocycles. The first kappa shape index (κ1) is 14.8. The van der Waals surface area contributed by atoms with Crippen LogP contribution in [0, 0.1) is 0 Å². The van der Waals surface area contributed by atoms with Gasteiger partial charge in [0.05, 0.1) is 17.2 Å². The van der Waals surface area contributed by atoms with Gasteiger partial charge >= 0.3 is 0 Å². The van der Waals surface area contributed by atoms with E-state index in [-0.39, 0.29) is 17.5 Å². The number of H-pyrrole nitrogens is 1. The number of nitrogens with zero attached hydrogens (tertiary/aromatic N) is 1. The highest BCUT2D eigenvalue weighted by molar-refractivity contribution is 7.91. The molecule has 1 atom stereocenters. The molecule has 0 radical (unpaired) electrons. The Morgan fingerprint density at radius 3 is 2.95 bits per heavy atom. The van der Waals surface area contributed by atoms with Gasteiger partial charge in [-0.2, -0.15) is 0 Å². The van der Waals surface area contributed by atoms with Crippen LogP contribution in [-0.2, 0) is 22.8 Å². The zero-order chi connectivity index (χ0) is 13.9. The van der Waals surface area contributed by atoms with Gasteiger partial charge in [0.1, 0.15) is 5.82 Å². The van der Waals surface area contributed by atoms with E-state index in [1.54, 1.807) is 0 Å². The van der Waals surface area contributed by atoms with E-state index in [2.05, 4.69) is 22.2 Å². The predicted molar refractivity (Wildman–Crippen MR) is 76.1 cm³/mol. The summed E-state index contributed by atoms with van der Waals surface area (Å²) in [6, 6.07) is 0.0310. The van der Waals surface area contributed by atoms with Crippen LogP contribution in [0.15, 0.2) is 0 Å². The number of hydrogen-bond acceptors (Lipinski definition) is 4. The second-order valence-electron chi connectivity index (χ2n) is 5.04. The van der Waals surface area contributed by atoms with E-state index in [4.69, 9.17) is 11.6 Å². The Morgan fingerprint density at radius 1 is 1.53 bits per heavy atom. The third-order valence-corrected chi connectivity index (χ3v) is 5.42. The van der Waals surface area contributed by atoms with E-state index in [0.29, 0.717) is 18.1 Å². The Kier molecular flexibility index (Phi) is 4.86. The van der Waals surface area contributed by atoms with Crippen molar-refractivity contribution in [3.8, 4) is 0 Å². The van der Waals surface area contributed by atoms with Crippen molar-refractivity contribution >= 4 is 21.4 Å². The number of sulfone groups is 1. The van der Waals surface area contributed by atoms with Crippen LogP contribution in [0.4, 0.5) is 0 Å². The van der Waals surface area contributed by atoms with E-state index >= 15 is 0 Å². The van der Waals surface area contributed by atoms with Gasteiger partial charge in [-0.25, -0.2) is 13.4 Å². The minimum Gasteiger partial charge on any atom is -0.344 e. The van der Waals surface area contributed by atoms with Gasteiger partial charge < -0.3 is 10.3 Å². The Balaban J connectivity index is 1.87. The molecule has 5 nitrogen and oxygen atoms in total. The first-order chi connectivity index (χ1) is 9.00. The average Bonchev–Trinajstić information content (AvgIpc) is 2.87. The Labute approximate surface area is 119 Å². The normalized spacial score (nSPS) is 21.9. The maximum absolute atomic E-state index is 11.4. The van der Waals surface area contributed by atoms with Crippen molar-refractivity contribution < 1.29 is 8.42 Å². The first-order valence-corrected chi connectivity index (χ1v) is 8.87. The topological polar surface area (TPSA) is 74.8 Å². The largest absolute Gasteiger partial charge is 0.344 e. The van der Waals surface area contributed by atoms with Crippen molar-refractivity contribution in [1.82, 2.24) is 15.3 Å². The molecule has 1 aromatic heterocycles. The van der Waals surface area contributed by atoms with Crippen molar-refractivity contribution in [2.75, 3.05) is 11.5 Å². The van der Waals surface area contributed by atoms with Gasteiger partial charge in [0, 0.05) is 19.0 Å². The lowest BCUT2D eigenvalue weighted by Crippen LogP contribution is -2.29. The van der Waals surface area contributed by atoms with Crippen molar-refractivity contribution in [2.45, 2.75) is 45.2 Å². The molecule has 1 aromatic rings. The van der Waals surface area contributed by atoms with Crippen LogP contribution in [0.1, 0.15) is 37.7 Å². The summed E-state index contributed by atoms with van der Waals surface area (Å²) >= 11 is 6.06. The molecule has 1 saturated heterocycles. The summed E-state index contributed by atoms with van der Waals surface area (Å²) in [5.41, 5.74) is 0.845. The van der Waals surface area contributed by atoms with Crippen LogP contribution in [0.2, 0.25) is 5.15 Å². The fraction of sp³-hybridized carbons (Fsp3) is 0.750. The molecule has 2 N–H and O–H groups in total. The predicted octanol–water partition coefficient (Wildman–Crippen LogP) is 1.68. The van der Waals surface area contributed by atoms with Crippen LogP contribution in [0.3, 0.4) is 0 Å². The van der Waals surface area contributed by atoms with Crippen LogP contribution in [0.5, 0.6) is 0 Å². The molecule has 0 aliphatic carbocycles. The number of rotatable bonds is 6. The van der Waals surface area contributed by atoms with Crippen LogP contribution in [0.25, 0.3) is 0 Å². The summed E-state index contributed by atoms with van der Waals surface area (Å²) in [5, 5.41) is 3.71. The Hall–Kier alpha value is -0.590. The summed E-state index contributed by atoms with van der Waals surface area (Å²) in [5.74, 6) is 1.41. The van der Waals surface area contributed by atoms with E-state index < -0.39 is 9.84 Å². The molecule has 1 unspecified atom stereocenters. The maximum atomic E-state index is 11.4. The van der Waals surface area contributed by atoms with E-state index in [1.165, 1.54) is 0 Å². The zero-order valence-corrected chi connectivity index (χ0v) is 12.6. The van der Waals surface area contributed by atoms with Gasteiger partial charge in [-0.05, 0) is 12.8 Å². The van der Waals surface area contributed by atoms with Crippen molar-refractivity contribution in [3.63, 3.8) is 0 Å². The van der Waals surface area contributed by atoms with E-state index in [0.717, 1.165) is 30.8 Å². The molecule has 1 aliphatic rings. The summed E-state index contributed by atoms with van der Waals surface area (Å²) in [6.45, 7) is 2.67. The second kappa shape index (κ2) is 6.24. The van der Waals surface area contributed by atoms with Gasteiger partial charge in [0.15, 0.2) is 15.0 Å². The molecule has 19 heavy (non-hydrogen) atoms. The quantitative estimate of drug-likeness (QED) is 0.838. The lowest BCUT2D eigenvalue weighted by molar-refractivity contribution is 0.549. The smallest absolute Gasteiger partial charge is 0.151 e. The van der Waals surface area contributed by atoms with Crippen molar-refractivity contribution in [2.24, 2.45) is 0 Å². The van der Waals surface area contributed by atoms with E-state index in [9.17, 15) is 8.42 Å². The van der Waals surface area contributed by atoms with Crippen molar-refractivity contribution in [1.29, 1.82) is 0 Å². The molecule has 0 aromatic carbocycles. The molecular weight excluding hydrogens is 286 g/mol. The minimum absolute atomic E-state index is 0.0310. The number of unbranched alkanes of at least 4 members (excludes halogenated alkanes) is 1. The summed E-state index contributed by atoms with van der Waals surface area (Å²) in [6.07, 6.45) is 3.77. The molecule has 108 valence electrons. The molecule has 2 heterocycles. The molecule has 0 spiro atoms. The monoisotopic (exact) mass is 305 g/mol. The highest BCUT2D eigenvalue weighted by atomic mass is 35.5. The highest BCUT2D eigenvalue weighted by Crippen LogP contribution is 2.16. The van der Waals surface area contributed by atoms with Gasteiger partial charge in [-0.1, -0.05) is 24.9 Å². The summed E-state index contributed by atoms with van der Waals surface area (Å²) < 4.78 is 22.7. The first-order valence-electron chi connectivity index (χ1n) is 6.67. The Morgan fingerprint density at radius 2 is 2.32 bits per heavy atom. The molecule has 7 heteroatoms. The average molecular weight is 306 g/mol. The zero-order valence-electron chi connectivity index (χ0n) is 11.1. The molecule has 0 amide bonds. The lowest BCUT2D eigenvalue weighted by Gasteiger charge is -2.09. The second-order valence-corrected chi connectivity index (χ2v) is 7.62. The molecule has 0 bridgehead atoms. The van der Waals surface area contributed by atoms with Gasteiger partial charge in [0.2, 0.25) is 0 Å². The van der Waals surface area contributed by atoms with Gasteiger partial charge in [0.25, 0.3) is 0 Å². The molecular formula is C12H20ClN3O2S. The van der Waals surface area contributed by atoms with Crippen LogP contribution >= 0.6 is 11.6 Å². The molecule has 2 rings (SSSR count). The van der Waals surface area contributed by atoms with Crippen LogP contribution < -0.4 is 5.32 Å². The van der Waals surface area contributed by atoms with Gasteiger partial charge in [-0.15, -0.1) is 0 Å². The summed E-state index contributed by atoms with van der Waals surface area (Å²) in [7, 11) is -2.84. The molecule has 1 aliphatic heterocycles. The fourth-order valence-corrected chi connectivity index (χ4v) is 4.15. The van der Waals surface area contributed by atoms with Gasteiger partial charge in [-0.3, -0.25) is 0 Å². The number of aryl methyl sites for hydroxylation is 1. The highest BCUT2D eigenvalue weighted by Gasteiger charge is 2.27. The standard InChI is InChI=1S/C12H20ClN3O2S/c1-2-3-4-11-15-10(12(13)16-11)7-14-9-5-6-19(17,18)8-9/h9,14H,2-8H2,1H3,(H,15,16). The SMILES string of the molecule is CCCCc1nc(Cl)c(CNC2CCS(=O)(=O)C2)[nH]1. The summed E-state index contributed by atoms with van der Waals surface area (Å²) in [4.78, 5) is 7.48. The van der Waals surface area contributed by atoms with Crippen LogP contribution in [-0.4, -0.2) is 35.9 Å². The minimum atomic E-state index is -2.84. The third-order valence-electron chi connectivity index (χ3n) is 3.34. The number of imidazole rings is 1.